The van der Waals surface area contributed by atoms with Crippen molar-refractivity contribution in [1.29, 1.82) is 0 Å². The molecule has 1 aliphatic rings. The van der Waals surface area contributed by atoms with Gasteiger partial charge in [-0.2, -0.15) is 0 Å². The van der Waals surface area contributed by atoms with Gasteiger partial charge >= 0.3 is 0 Å². The highest BCUT2D eigenvalue weighted by molar-refractivity contribution is 5.89. The van der Waals surface area contributed by atoms with Crippen molar-refractivity contribution in [2.75, 3.05) is 16.3 Å². The molecule has 3 rings (SSSR count). The molecule has 2 heterocycles. The number of rotatable bonds is 4. The lowest BCUT2D eigenvalue weighted by Crippen LogP contribution is -2.45. The van der Waals surface area contributed by atoms with Gasteiger partial charge in [0.2, 0.25) is 6.41 Å². The fraction of sp³-hybridized carbons (Fsp3) is 0.176. The molecule has 1 atom stereocenters. The van der Waals surface area contributed by atoms with Crippen molar-refractivity contribution < 1.29 is 15.0 Å². The Labute approximate surface area is 133 Å². The quantitative estimate of drug-likeness (QED) is 0.846. The summed E-state index contributed by atoms with van der Waals surface area (Å²) in [5.41, 5.74) is 1.96. The zero-order valence-corrected chi connectivity index (χ0v) is 12.6. The predicted molar refractivity (Wildman–Crippen MR) is 87.8 cm³/mol. The summed E-state index contributed by atoms with van der Waals surface area (Å²) < 4.78 is 0. The van der Waals surface area contributed by atoms with Crippen LogP contribution in [0.3, 0.4) is 0 Å². The van der Waals surface area contributed by atoms with Crippen LogP contribution >= 0.6 is 0 Å². The van der Waals surface area contributed by atoms with E-state index < -0.39 is 6.23 Å². The van der Waals surface area contributed by atoms with Gasteiger partial charge in [0.25, 0.3) is 0 Å². The Morgan fingerprint density at radius 1 is 1.26 bits per heavy atom. The van der Waals surface area contributed by atoms with Crippen LogP contribution in [0.25, 0.3) is 5.76 Å². The normalized spacial score (nSPS) is 17.0. The van der Waals surface area contributed by atoms with E-state index in [1.54, 1.807) is 41.6 Å². The van der Waals surface area contributed by atoms with E-state index in [1.807, 2.05) is 19.1 Å². The number of carbonyl (C=O) groups excluding carboxylic acids is 1. The van der Waals surface area contributed by atoms with Crippen LogP contribution in [0.5, 0.6) is 0 Å². The number of aliphatic hydroxyl groups excluding tert-OH is 2. The van der Waals surface area contributed by atoms with Gasteiger partial charge in [-0.15, -0.1) is 0 Å². The Balaban J connectivity index is 2.18. The van der Waals surface area contributed by atoms with Gasteiger partial charge < -0.3 is 15.1 Å². The molecule has 0 spiro atoms. The third-order valence-electron chi connectivity index (χ3n) is 3.90. The molecule has 1 amide bonds. The number of para-hydroxylation sites is 1. The fourth-order valence-electron chi connectivity index (χ4n) is 2.81. The largest absolute Gasteiger partial charge is 0.505 e. The molecule has 0 fully saturated rings. The molecule has 0 bridgehead atoms. The maximum Gasteiger partial charge on any atom is 0.218 e. The van der Waals surface area contributed by atoms with E-state index in [-0.39, 0.29) is 11.5 Å². The van der Waals surface area contributed by atoms with Crippen molar-refractivity contribution in [3.8, 4) is 0 Å². The van der Waals surface area contributed by atoms with Crippen LogP contribution in [-0.4, -0.2) is 34.4 Å². The lowest BCUT2D eigenvalue weighted by Gasteiger charge is -2.38. The number of hydrogen-bond acceptors (Lipinski definition) is 5. The minimum absolute atomic E-state index is 0.110. The maximum atomic E-state index is 11.6. The third kappa shape index (κ3) is 2.43. The van der Waals surface area contributed by atoms with Gasteiger partial charge in [-0.25, -0.2) is 0 Å². The van der Waals surface area contributed by atoms with E-state index in [0.29, 0.717) is 24.2 Å². The molecule has 1 aliphatic heterocycles. The van der Waals surface area contributed by atoms with Gasteiger partial charge in [0, 0.05) is 24.5 Å². The third-order valence-corrected chi connectivity index (χ3v) is 3.90. The molecular formula is C17H17N3O3. The van der Waals surface area contributed by atoms with Crippen molar-refractivity contribution in [3.05, 3.63) is 60.1 Å². The SMILES string of the molecule is CCN1c2ccccc2C(O)=C(N(C=O)c2ccncc2)C1O. The predicted octanol–water partition coefficient (Wildman–Crippen LogP) is 2.13. The molecule has 6 nitrogen and oxygen atoms in total. The van der Waals surface area contributed by atoms with Crippen LogP contribution in [0.15, 0.2) is 54.5 Å². The van der Waals surface area contributed by atoms with Crippen LogP contribution in [0.4, 0.5) is 11.4 Å². The van der Waals surface area contributed by atoms with Gasteiger partial charge in [0.15, 0.2) is 6.23 Å². The molecule has 0 saturated heterocycles. The minimum Gasteiger partial charge on any atom is -0.505 e. The molecule has 1 aromatic carbocycles. The highest BCUT2D eigenvalue weighted by Gasteiger charge is 2.34. The van der Waals surface area contributed by atoms with Crippen molar-refractivity contribution in [3.63, 3.8) is 0 Å². The number of pyridine rings is 1. The Kier molecular flexibility index (Phi) is 3.99. The van der Waals surface area contributed by atoms with E-state index in [1.165, 1.54) is 4.90 Å². The highest BCUT2D eigenvalue weighted by atomic mass is 16.3. The average molecular weight is 311 g/mol. The van der Waals surface area contributed by atoms with E-state index in [2.05, 4.69) is 4.98 Å². The number of benzene rings is 1. The second-order valence-corrected chi connectivity index (χ2v) is 5.09. The van der Waals surface area contributed by atoms with Crippen molar-refractivity contribution in [1.82, 2.24) is 4.98 Å². The van der Waals surface area contributed by atoms with Crippen LogP contribution in [0.1, 0.15) is 12.5 Å². The minimum atomic E-state index is -1.13. The van der Waals surface area contributed by atoms with E-state index in [4.69, 9.17) is 0 Å². The standard InChI is InChI=1S/C17H17N3O3/c1-2-19-14-6-4-3-5-13(14)16(22)15(17(19)23)20(11-21)12-7-9-18-10-8-12/h3-11,17,22-23H,2H2,1H3. The molecule has 0 saturated carbocycles. The van der Waals surface area contributed by atoms with Crippen molar-refractivity contribution >= 4 is 23.5 Å². The molecule has 0 radical (unpaired) electrons. The Bertz CT molecular complexity index is 746. The lowest BCUT2D eigenvalue weighted by atomic mass is 10.0. The molecule has 2 N–H and O–H groups in total. The maximum absolute atomic E-state index is 11.6. The number of hydrogen-bond donors (Lipinski definition) is 2. The zero-order chi connectivity index (χ0) is 16.4. The smallest absolute Gasteiger partial charge is 0.218 e. The summed E-state index contributed by atoms with van der Waals surface area (Å²) in [5.74, 6) is -0.110. The fourth-order valence-corrected chi connectivity index (χ4v) is 2.81. The monoisotopic (exact) mass is 311 g/mol. The van der Waals surface area contributed by atoms with Crippen LogP contribution < -0.4 is 9.80 Å². The number of likely N-dealkylation sites (N-methyl/N-ethyl adjacent to an activating group) is 1. The summed E-state index contributed by atoms with van der Waals surface area (Å²) >= 11 is 0. The van der Waals surface area contributed by atoms with Crippen LogP contribution in [-0.2, 0) is 4.79 Å². The first kappa shape index (κ1) is 15.1. The van der Waals surface area contributed by atoms with Gasteiger partial charge in [0.1, 0.15) is 11.5 Å². The number of anilines is 2. The van der Waals surface area contributed by atoms with Crippen LogP contribution in [0, 0.1) is 0 Å². The number of aromatic nitrogens is 1. The van der Waals surface area contributed by atoms with Gasteiger partial charge in [0.05, 0.1) is 11.4 Å². The zero-order valence-electron chi connectivity index (χ0n) is 12.6. The second kappa shape index (κ2) is 6.10. The van der Waals surface area contributed by atoms with E-state index >= 15 is 0 Å². The molecule has 1 unspecified atom stereocenters. The molecular weight excluding hydrogens is 294 g/mol. The van der Waals surface area contributed by atoms with Crippen molar-refractivity contribution in [2.45, 2.75) is 13.2 Å². The number of amides is 1. The Hall–Kier alpha value is -2.86. The Morgan fingerprint density at radius 3 is 2.61 bits per heavy atom. The van der Waals surface area contributed by atoms with Crippen LogP contribution in [0.2, 0.25) is 0 Å². The topological polar surface area (TPSA) is 76.9 Å². The first-order chi connectivity index (χ1) is 11.2. The lowest BCUT2D eigenvalue weighted by molar-refractivity contribution is -0.107. The van der Waals surface area contributed by atoms with E-state index in [9.17, 15) is 15.0 Å². The van der Waals surface area contributed by atoms with Gasteiger partial charge in [-0.3, -0.25) is 14.7 Å². The van der Waals surface area contributed by atoms with Gasteiger partial charge in [-0.1, -0.05) is 12.1 Å². The molecule has 23 heavy (non-hydrogen) atoms. The molecule has 2 aromatic rings. The van der Waals surface area contributed by atoms with E-state index in [0.717, 1.165) is 5.69 Å². The number of carbonyl (C=O) groups is 1. The van der Waals surface area contributed by atoms with Gasteiger partial charge in [-0.05, 0) is 31.2 Å². The number of nitrogens with zero attached hydrogens (tertiary/aromatic N) is 3. The summed E-state index contributed by atoms with van der Waals surface area (Å²) in [5, 5.41) is 21.3. The highest BCUT2D eigenvalue weighted by Crippen LogP contribution is 2.38. The summed E-state index contributed by atoms with van der Waals surface area (Å²) in [6, 6.07) is 10.5. The number of fused-ring (bicyclic) bond motifs is 1. The summed E-state index contributed by atoms with van der Waals surface area (Å²) in [6.45, 7) is 2.43. The summed E-state index contributed by atoms with van der Waals surface area (Å²) in [7, 11) is 0. The molecule has 1 aromatic heterocycles. The first-order valence-electron chi connectivity index (χ1n) is 7.30. The summed E-state index contributed by atoms with van der Waals surface area (Å²) in [6.07, 6.45) is 2.54. The van der Waals surface area contributed by atoms with Crippen molar-refractivity contribution in [2.24, 2.45) is 0 Å². The Morgan fingerprint density at radius 2 is 1.96 bits per heavy atom. The summed E-state index contributed by atoms with van der Waals surface area (Å²) in [4.78, 5) is 18.5. The second-order valence-electron chi connectivity index (χ2n) is 5.09. The average Bonchev–Trinajstić information content (AvgIpc) is 2.60. The number of aliphatic hydroxyl groups is 2. The molecule has 118 valence electrons. The molecule has 0 aliphatic carbocycles. The first-order valence-corrected chi connectivity index (χ1v) is 7.30. The molecule has 6 heteroatoms.